The molecule has 1 atom stereocenters. The number of carbonyl (C=O) groups excluding carboxylic acids is 2. The Bertz CT molecular complexity index is 2040. The SMILES string of the molecule is CCOC(=O)[C@@H](OC1CC1)c1c(C)cc2nc(-c3ccc4c(c3)c(C3CN(C(=O)OC(C)(C)C)C3)nn4C)sc2c1-c1ccc(Cl)cc1. The van der Waals surface area contributed by atoms with Gasteiger partial charge in [-0.2, -0.15) is 5.10 Å². The third-order valence-corrected chi connectivity index (χ3v) is 10.1. The van der Waals surface area contributed by atoms with Crippen LogP contribution in [0.15, 0.2) is 48.5 Å². The molecule has 7 rings (SSSR count). The smallest absolute Gasteiger partial charge is 0.410 e. The summed E-state index contributed by atoms with van der Waals surface area (Å²) in [5.74, 6) is -0.276. The van der Waals surface area contributed by atoms with Gasteiger partial charge in [-0.1, -0.05) is 23.7 Å². The van der Waals surface area contributed by atoms with E-state index in [0.29, 0.717) is 18.1 Å². The highest BCUT2D eigenvalue weighted by atomic mass is 35.5. The predicted molar refractivity (Wildman–Crippen MR) is 189 cm³/mol. The van der Waals surface area contributed by atoms with Crippen LogP contribution in [-0.4, -0.2) is 63.1 Å². The molecule has 0 unspecified atom stereocenters. The van der Waals surface area contributed by atoms with Crippen LogP contribution in [-0.2, 0) is 26.1 Å². The zero-order chi connectivity index (χ0) is 33.9. The number of fused-ring (bicyclic) bond motifs is 2. The molecule has 2 aliphatic rings. The zero-order valence-electron chi connectivity index (χ0n) is 28.0. The molecule has 1 aliphatic heterocycles. The van der Waals surface area contributed by atoms with E-state index in [1.807, 2.05) is 76.7 Å². The van der Waals surface area contributed by atoms with Crippen LogP contribution < -0.4 is 0 Å². The zero-order valence-corrected chi connectivity index (χ0v) is 29.6. The number of aryl methyl sites for hydroxylation is 2. The van der Waals surface area contributed by atoms with Gasteiger partial charge in [0.25, 0.3) is 0 Å². The number of esters is 1. The molecule has 11 heteroatoms. The van der Waals surface area contributed by atoms with Crippen molar-refractivity contribution in [1.82, 2.24) is 19.7 Å². The van der Waals surface area contributed by atoms with Gasteiger partial charge < -0.3 is 19.1 Å². The number of rotatable bonds is 8. The van der Waals surface area contributed by atoms with Crippen molar-refractivity contribution in [2.45, 2.75) is 71.2 Å². The van der Waals surface area contributed by atoms with Crippen LogP contribution in [0.1, 0.15) is 69.4 Å². The summed E-state index contributed by atoms with van der Waals surface area (Å²) >= 11 is 7.90. The number of benzene rings is 3. The van der Waals surface area contributed by atoms with Crippen molar-refractivity contribution in [2.75, 3.05) is 19.7 Å². The molecule has 0 bridgehead atoms. The van der Waals surface area contributed by atoms with E-state index < -0.39 is 11.7 Å². The Morgan fingerprint density at radius 3 is 2.44 bits per heavy atom. The van der Waals surface area contributed by atoms with E-state index in [-0.39, 0.29) is 30.7 Å². The maximum atomic E-state index is 13.4. The van der Waals surface area contributed by atoms with E-state index in [1.54, 1.807) is 16.2 Å². The van der Waals surface area contributed by atoms with Gasteiger partial charge in [0.15, 0.2) is 6.10 Å². The highest BCUT2D eigenvalue weighted by Gasteiger charge is 2.38. The number of likely N-dealkylation sites (tertiary alicyclic amines) is 1. The van der Waals surface area contributed by atoms with Gasteiger partial charge in [-0.15, -0.1) is 11.3 Å². The summed E-state index contributed by atoms with van der Waals surface area (Å²) in [4.78, 5) is 32.9. The number of carbonyl (C=O) groups is 2. The van der Waals surface area contributed by atoms with Crippen molar-refractivity contribution in [3.63, 3.8) is 0 Å². The summed E-state index contributed by atoms with van der Waals surface area (Å²) in [6.07, 6.45) is 0.744. The van der Waals surface area contributed by atoms with Crippen molar-refractivity contribution in [3.05, 3.63) is 70.4 Å². The molecule has 0 radical (unpaired) electrons. The molecular weight excluding hydrogens is 648 g/mol. The van der Waals surface area contributed by atoms with Crippen molar-refractivity contribution >= 4 is 56.1 Å². The van der Waals surface area contributed by atoms with Gasteiger partial charge in [0, 0.05) is 53.2 Å². The maximum Gasteiger partial charge on any atom is 0.410 e. The van der Waals surface area contributed by atoms with E-state index in [2.05, 4.69) is 18.2 Å². The molecule has 5 aromatic rings. The number of thiazole rings is 1. The van der Waals surface area contributed by atoms with E-state index in [4.69, 9.17) is 35.9 Å². The molecular formula is C37H39ClN4O5S. The monoisotopic (exact) mass is 686 g/mol. The summed E-state index contributed by atoms with van der Waals surface area (Å²) in [5.41, 5.74) is 6.79. The summed E-state index contributed by atoms with van der Waals surface area (Å²) in [7, 11) is 1.94. The number of aromatic nitrogens is 3. The van der Waals surface area contributed by atoms with Crippen molar-refractivity contribution in [1.29, 1.82) is 0 Å². The largest absolute Gasteiger partial charge is 0.464 e. The first-order valence-corrected chi connectivity index (χ1v) is 17.6. The second kappa shape index (κ2) is 12.5. The van der Waals surface area contributed by atoms with Gasteiger partial charge in [0.2, 0.25) is 0 Å². The standard InChI is InChI=1S/C37H39ClN4O5S/c1-7-45-35(43)32(46-25-13-14-25)29-20(2)16-27-33(30(29)21-8-11-24(38)12-9-21)48-34(39-27)22-10-15-28-26(17-22)31(40-41(28)6)23-18-42(19-23)36(44)47-37(3,4)5/h8-12,15-17,23,25,32H,7,13-14,18-19H2,1-6H3/t32-/m0/s1. The van der Waals surface area contributed by atoms with Crippen LogP contribution in [0.4, 0.5) is 4.79 Å². The Balaban J connectivity index is 1.30. The normalized spacial score (nSPS) is 15.9. The van der Waals surface area contributed by atoms with Gasteiger partial charge >= 0.3 is 12.1 Å². The van der Waals surface area contributed by atoms with Crippen LogP contribution in [0.5, 0.6) is 0 Å². The minimum absolute atomic E-state index is 0.0388. The molecule has 1 aliphatic carbocycles. The number of nitrogens with zero attached hydrogens (tertiary/aromatic N) is 4. The molecule has 2 fully saturated rings. The molecule has 3 heterocycles. The van der Waals surface area contributed by atoms with Crippen LogP contribution in [0.2, 0.25) is 5.02 Å². The minimum atomic E-state index is -0.852. The number of ether oxygens (including phenoxy) is 3. The molecule has 0 spiro atoms. The van der Waals surface area contributed by atoms with Gasteiger partial charge in [-0.25, -0.2) is 14.6 Å². The van der Waals surface area contributed by atoms with Crippen LogP contribution in [0.25, 0.3) is 42.8 Å². The highest BCUT2D eigenvalue weighted by Crippen LogP contribution is 2.46. The van der Waals surface area contributed by atoms with Crippen LogP contribution in [0.3, 0.4) is 0 Å². The van der Waals surface area contributed by atoms with E-state index in [1.165, 1.54) is 0 Å². The first-order valence-electron chi connectivity index (χ1n) is 16.4. The lowest BCUT2D eigenvalue weighted by molar-refractivity contribution is -0.158. The summed E-state index contributed by atoms with van der Waals surface area (Å²) in [6.45, 7) is 10.8. The van der Waals surface area contributed by atoms with Crippen LogP contribution >= 0.6 is 22.9 Å². The van der Waals surface area contributed by atoms with Crippen molar-refractivity contribution < 1.29 is 23.8 Å². The van der Waals surface area contributed by atoms with Crippen molar-refractivity contribution in [3.8, 4) is 21.7 Å². The minimum Gasteiger partial charge on any atom is -0.464 e. The van der Waals surface area contributed by atoms with E-state index in [0.717, 1.165) is 72.5 Å². The van der Waals surface area contributed by atoms with Gasteiger partial charge in [0.05, 0.1) is 34.1 Å². The fourth-order valence-electron chi connectivity index (χ4n) is 6.29. The molecule has 1 amide bonds. The second-order valence-electron chi connectivity index (χ2n) is 13.6. The molecule has 48 heavy (non-hydrogen) atoms. The lowest BCUT2D eigenvalue weighted by atomic mass is 9.91. The Morgan fingerprint density at radius 2 is 1.77 bits per heavy atom. The second-order valence-corrected chi connectivity index (χ2v) is 15.1. The highest BCUT2D eigenvalue weighted by molar-refractivity contribution is 7.22. The molecule has 2 aromatic heterocycles. The predicted octanol–water partition coefficient (Wildman–Crippen LogP) is 8.60. The lowest BCUT2D eigenvalue weighted by Gasteiger charge is -2.39. The number of hydrogen-bond donors (Lipinski definition) is 0. The topological polar surface area (TPSA) is 95.8 Å². The lowest BCUT2D eigenvalue weighted by Crippen LogP contribution is -2.50. The van der Waals surface area contributed by atoms with Crippen LogP contribution in [0, 0.1) is 6.92 Å². The van der Waals surface area contributed by atoms with Gasteiger partial charge in [-0.05, 0) is 95.0 Å². The maximum absolute atomic E-state index is 13.4. The molecule has 0 N–H and O–H groups in total. The third-order valence-electron chi connectivity index (χ3n) is 8.72. The summed E-state index contributed by atoms with van der Waals surface area (Å²) in [6, 6.07) is 16.0. The number of halogens is 1. The number of hydrogen-bond acceptors (Lipinski definition) is 8. The quantitative estimate of drug-likeness (QED) is 0.151. The third kappa shape index (κ3) is 6.29. The van der Waals surface area contributed by atoms with E-state index >= 15 is 0 Å². The Kier molecular flexibility index (Phi) is 8.46. The first kappa shape index (κ1) is 32.6. The Labute approximate surface area is 288 Å². The van der Waals surface area contributed by atoms with Crippen molar-refractivity contribution in [2.24, 2.45) is 7.05 Å². The first-order chi connectivity index (χ1) is 22.9. The Morgan fingerprint density at radius 1 is 1.06 bits per heavy atom. The molecule has 3 aromatic carbocycles. The summed E-state index contributed by atoms with van der Waals surface area (Å²) in [5, 5.41) is 7.40. The molecule has 250 valence electrons. The molecule has 1 saturated carbocycles. The fraction of sp³-hybridized carbons (Fsp3) is 0.405. The summed E-state index contributed by atoms with van der Waals surface area (Å²) < 4.78 is 20.3. The number of amides is 1. The molecule has 9 nitrogen and oxygen atoms in total. The Hall–Kier alpha value is -3.99. The van der Waals surface area contributed by atoms with E-state index in [9.17, 15) is 9.59 Å². The van der Waals surface area contributed by atoms with Gasteiger partial charge in [-0.3, -0.25) is 4.68 Å². The molecule has 1 saturated heterocycles. The average Bonchev–Trinajstić information content (AvgIpc) is 3.64. The van der Waals surface area contributed by atoms with Gasteiger partial charge in [0.1, 0.15) is 10.6 Å². The average molecular weight is 687 g/mol. The fourth-order valence-corrected chi connectivity index (χ4v) is 7.53.